The number of carbonyl (C=O) groups is 1. The van der Waals surface area contributed by atoms with E-state index in [1.54, 1.807) is 6.07 Å². The molecule has 0 saturated heterocycles. The summed E-state index contributed by atoms with van der Waals surface area (Å²) in [4.78, 5) is 14.3. The Morgan fingerprint density at radius 3 is 2.87 bits per heavy atom. The van der Waals surface area contributed by atoms with Gasteiger partial charge in [-0.1, -0.05) is 6.92 Å². The highest BCUT2D eigenvalue weighted by Gasteiger charge is 2.11. The molecule has 0 fully saturated rings. The standard InChI is InChI=1S/C10H13FN2O2/c1-2-8(13-6-10(14)15)9-4-3-7(11)5-12-9/h3-5,8,13H,2,6H2,1H3,(H,14,15). The van der Waals surface area contributed by atoms with Crippen LogP contribution in [0.2, 0.25) is 0 Å². The Hall–Kier alpha value is -1.49. The van der Waals surface area contributed by atoms with Crippen molar-refractivity contribution in [3.63, 3.8) is 0 Å². The molecular formula is C10H13FN2O2. The smallest absolute Gasteiger partial charge is 0.317 e. The van der Waals surface area contributed by atoms with Gasteiger partial charge in [-0.3, -0.25) is 15.1 Å². The second kappa shape index (κ2) is 5.41. The average Bonchev–Trinajstić information content (AvgIpc) is 2.21. The van der Waals surface area contributed by atoms with Gasteiger partial charge in [-0.2, -0.15) is 0 Å². The van der Waals surface area contributed by atoms with E-state index in [0.29, 0.717) is 12.1 Å². The summed E-state index contributed by atoms with van der Waals surface area (Å²) < 4.78 is 12.6. The molecule has 0 bridgehead atoms. The second-order valence-corrected chi connectivity index (χ2v) is 3.14. The Morgan fingerprint density at radius 1 is 1.67 bits per heavy atom. The van der Waals surface area contributed by atoms with Gasteiger partial charge in [0.1, 0.15) is 5.82 Å². The van der Waals surface area contributed by atoms with Gasteiger partial charge in [0.2, 0.25) is 0 Å². The van der Waals surface area contributed by atoms with Crippen LogP contribution in [0.25, 0.3) is 0 Å². The van der Waals surface area contributed by atoms with Gasteiger partial charge in [0.15, 0.2) is 0 Å². The highest BCUT2D eigenvalue weighted by atomic mass is 19.1. The van der Waals surface area contributed by atoms with E-state index in [-0.39, 0.29) is 12.6 Å². The van der Waals surface area contributed by atoms with Crippen molar-refractivity contribution in [2.45, 2.75) is 19.4 Å². The quantitative estimate of drug-likeness (QED) is 0.773. The van der Waals surface area contributed by atoms with Crippen LogP contribution < -0.4 is 5.32 Å². The lowest BCUT2D eigenvalue weighted by molar-refractivity contribution is -0.136. The first-order chi connectivity index (χ1) is 7.13. The number of rotatable bonds is 5. The largest absolute Gasteiger partial charge is 0.480 e. The first-order valence-electron chi connectivity index (χ1n) is 4.70. The summed E-state index contributed by atoms with van der Waals surface area (Å²) in [7, 11) is 0. The fourth-order valence-electron chi connectivity index (χ4n) is 1.26. The molecule has 0 aliphatic carbocycles. The predicted octanol–water partition coefficient (Wildman–Crippen LogP) is 1.35. The van der Waals surface area contributed by atoms with Crippen LogP contribution in [0.1, 0.15) is 25.1 Å². The van der Waals surface area contributed by atoms with E-state index in [4.69, 9.17) is 5.11 Å². The number of aromatic nitrogens is 1. The molecular weight excluding hydrogens is 199 g/mol. The number of carboxylic acid groups (broad SMARTS) is 1. The zero-order chi connectivity index (χ0) is 11.3. The number of hydrogen-bond acceptors (Lipinski definition) is 3. The monoisotopic (exact) mass is 212 g/mol. The van der Waals surface area contributed by atoms with E-state index in [0.717, 1.165) is 6.20 Å². The number of pyridine rings is 1. The van der Waals surface area contributed by atoms with Crippen LogP contribution >= 0.6 is 0 Å². The van der Waals surface area contributed by atoms with Gasteiger partial charge in [0.05, 0.1) is 18.4 Å². The van der Waals surface area contributed by atoms with Gasteiger partial charge in [-0.05, 0) is 18.6 Å². The molecule has 82 valence electrons. The van der Waals surface area contributed by atoms with Crippen molar-refractivity contribution in [2.24, 2.45) is 0 Å². The lowest BCUT2D eigenvalue weighted by atomic mass is 10.1. The molecule has 4 nitrogen and oxygen atoms in total. The summed E-state index contributed by atoms with van der Waals surface area (Å²) in [6.07, 6.45) is 1.83. The Morgan fingerprint density at radius 2 is 2.40 bits per heavy atom. The average molecular weight is 212 g/mol. The van der Waals surface area contributed by atoms with Crippen molar-refractivity contribution in [1.29, 1.82) is 0 Å². The van der Waals surface area contributed by atoms with Gasteiger partial charge < -0.3 is 5.11 Å². The molecule has 0 aliphatic heterocycles. The third-order valence-electron chi connectivity index (χ3n) is 2.02. The zero-order valence-electron chi connectivity index (χ0n) is 8.40. The lowest BCUT2D eigenvalue weighted by Gasteiger charge is -2.14. The summed E-state index contributed by atoms with van der Waals surface area (Å²) in [6, 6.07) is 2.72. The first-order valence-corrected chi connectivity index (χ1v) is 4.70. The maximum Gasteiger partial charge on any atom is 0.317 e. The molecule has 2 N–H and O–H groups in total. The second-order valence-electron chi connectivity index (χ2n) is 3.14. The van der Waals surface area contributed by atoms with Crippen molar-refractivity contribution in [2.75, 3.05) is 6.54 Å². The van der Waals surface area contributed by atoms with Crippen LogP contribution in [0.4, 0.5) is 4.39 Å². The SMILES string of the molecule is CCC(NCC(=O)O)c1ccc(F)cn1. The molecule has 0 spiro atoms. The number of aliphatic carboxylic acids is 1. The Kier molecular flexibility index (Phi) is 4.17. The zero-order valence-corrected chi connectivity index (χ0v) is 8.40. The Balaban J connectivity index is 2.65. The Bertz CT molecular complexity index is 327. The topological polar surface area (TPSA) is 62.2 Å². The minimum Gasteiger partial charge on any atom is -0.480 e. The molecule has 0 radical (unpaired) electrons. The molecule has 5 heteroatoms. The van der Waals surface area contributed by atoms with E-state index in [9.17, 15) is 9.18 Å². The van der Waals surface area contributed by atoms with Crippen molar-refractivity contribution in [1.82, 2.24) is 10.3 Å². The molecule has 0 amide bonds. The lowest BCUT2D eigenvalue weighted by Crippen LogP contribution is -2.27. The summed E-state index contributed by atoms with van der Waals surface area (Å²) in [6.45, 7) is 1.78. The Labute approximate surface area is 87.1 Å². The number of carboxylic acids is 1. The molecule has 1 unspecified atom stereocenters. The normalized spacial score (nSPS) is 12.4. The molecule has 0 saturated carbocycles. The fourth-order valence-corrected chi connectivity index (χ4v) is 1.26. The summed E-state index contributed by atoms with van der Waals surface area (Å²) in [5.41, 5.74) is 0.653. The maximum absolute atomic E-state index is 12.6. The highest BCUT2D eigenvalue weighted by molar-refractivity contribution is 5.69. The first kappa shape index (κ1) is 11.6. The molecule has 0 aliphatic rings. The maximum atomic E-state index is 12.6. The molecule has 1 rings (SSSR count). The van der Waals surface area contributed by atoms with Crippen LogP contribution in [-0.2, 0) is 4.79 Å². The summed E-state index contributed by atoms with van der Waals surface area (Å²) >= 11 is 0. The summed E-state index contributed by atoms with van der Waals surface area (Å²) in [5.74, 6) is -1.32. The van der Waals surface area contributed by atoms with Gasteiger partial charge in [0.25, 0.3) is 0 Å². The minimum atomic E-state index is -0.921. The van der Waals surface area contributed by atoms with Crippen LogP contribution in [0.15, 0.2) is 18.3 Å². The highest BCUT2D eigenvalue weighted by Crippen LogP contribution is 2.13. The predicted molar refractivity (Wildman–Crippen MR) is 52.9 cm³/mol. The molecule has 1 aromatic heterocycles. The van der Waals surface area contributed by atoms with Gasteiger partial charge in [-0.15, -0.1) is 0 Å². The summed E-state index contributed by atoms with van der Waals surface area (Å²) in [5, 5.41) is 11.3. The molecule has 1 atom stereocenters. The van der Waals surface area contributed by atoms with Crippen LogP contribution in [-0.4, -0.2) is 22.6 Å². The number of nitrogens with zero attached hydrogens (tertiary/aromatic N) is 1. The third-order valence-corrected chi connectivity index (χ3v) is 2.02. The number of hydrogen-bond donors (Lipinski definition) is 2. The van der Waals surface area contributed by atoms with E-state index in [1.807, 2.05) is 6.92 Å². The third kappa shape index (κ3) is 3.63. The number of nitrogens with one attached hydrogen (secondary N) is 1. The van der Waals surface area contributed by atoms with Gasteiger partial charge in [-0.25, -0.2) is 4.39 Å². The molecule has 15 heavy (non-hydrogen) atoms. The van der Waals surface area contributed by atoms with E-state index < -0.39 is 11.8 Å². The minimum absolute atomic E-state index is 0.127. The van der Waals surface area contributed by atoms with Crippen LogP contribution in [0.3, 0.4) is 0 Å². The van der Waals surface area contributed by atoms with E-state index >= 15 is 0 Å². The molecule has 1 aromatic rings. The van der Waals surface area contributed by atoms with E-state index in [1.165, 1.54) is 6.07 Å². The van der Waals surface area contributed by atoms with Crippen molar-refractivity contribution in [3.8, 4) is 0 Å². The van der Waals surface area contributed by atoms with Crippen molar-refractivity contribution in [3.05, 3.63) is 29.8 Å². The molecule has 1 heterocycles. The van der Waals surface area contributed by atoms with Gasteiger partial charge in [0, 0.05) is 6.04 Å². The fraction of sp³-hybridized carbons (Fsp3) is 0.400. The number of halogens is 1. The van der Waals surface area contributed by atoms with Crippen LogP contribution in [0, 0.1) is 5.82 Å². The van der Waals surface area contributed by atoms with Crippen molar-refractivity contribution < 1.29 is 14.3 Å². The van der Waals surface area contributed by atoms with Gasteiger partial charge >= 0.3 is 5.97 Å². The molecule has 0 aromatic carbocycles. The van der Waals surface area contributed by atoms with Crippen LogP contribution in [0.5, 0.6) is 0 Å². The van der Waals surface area contributed by atoms with Crippen molar-refractivity contribution >= 4 is 5.97 Å². The van der Waals surface area contributed by atoms with E-state index in [2.05, 4.69) is 10.3 Å².